The lowest BCUT2D eigenvalue weighted by molar-refractivity contribution is -0.243. The molecule has 0 N–H and O–H groups in total. The molecule has 1 saturated heterocycles. The van der Waals surface area contributed by atoms with Gasteiger partial charge in [0.2, 0.25) is 5.91 Å². The number of hydrogen-bond acceptors (Lipinski definition) is 4. The summed E-state index contributed by atoms with van der Waals surface area (Å²) in [6.45, 7) is -1.25. The van der Waals surface area contributed by atoms with E-state index in [9.17, 15) is 31.5 Å². The minimum atomic E-state index is -5.32. The van der Waals surface area contributed by atoms with Gasteiger partial charge >= 0.3 is 12.1 Å². The van der Waals surface area contributed by atoms with Gasteiger partial charge in [0.05, 0.1) is 6.54 Å². The molecule has 5 nitrogen and oxygen atoms in total. The minimum absolute atomic E-state index is 0.0815. The van der Waals surface area contributed by atoms with E-state index in [1.165, 1.54) is 14.1 Å². The van der Waals surface area contributed by atoms with E-state index in [1.54, 1.807) is 0 Å². The lowest BCUT2D eigenvalue weighted by Crippen LogP contribution is -2.45. The third-order valence-electron chi connectivity index (χ3n) is 2.38. The standard InChI is InChI=1S/C9H11F5N2O3/c1-15(2)6(17)5-3-8(10,11)4-16(5)19-7(18)9(12,13)14/h5H,3-4H2,1-2H3/t5-/m0/s1. The summed E-state index contributed by atoms with van der Waals surface area (Å²) in [5.41, 5.74) is 0. The molecule has 1 rings (SSSR count). The molecule has 1 atom stereocenters. The van der Waals surface area contributed by atoms with Crippen molar-refractivity contribution in [1.82, 2.24) is 9.96 Å². The van der Waals surface area contributed by atoms with Gasteiger partial charge in [-0.15, -0.1) is 5.06 Å². The van der Waals surface area contributed by atoms with Gasteiger partial charge < -0.3 is 9.74 Å². The molecule has 1 fully saturated rings. The van der Waals surface area contributed by atoms with E-state index >= 15 is 0 Å². The number of nitrogens with zero attached hydrogens (tertiary/aromatic N) is 2. The van der Waals surface area contributed by atoms with Crippen molar-refractivity contribution in [2.45, 2.75) is 24.6 Å². The zero-order valence-corrected chi connectivity index (χ0v) is 10.0. The molecule has 0 aromatic carbocycles. The Morgan fingerprint density at radius 3 is 2.26 bits per heavy atom. The van der Waals surface area contributed by atoms with Crippen LogP contribution < -0.4 is 0 Å². The van der Waals surface area contributed by atoms with E-state index in [0.29, 0.717) is 0 Å². The van der Waals surface area contributed by atoms with Crippen LogP contribution in [0.5, 0.6) is 0 Å². The van der Waals surface area contributed by atoms with Crippen LogP contribution in [0.15, 0.2) is 0 Å². The molecule has 1 amide bonds. The van der Waals surface area contributed by atoms with E-state index in [2.05, 4.69) is 4.84 Å². The average Bonchev–Trinajstić information content (AvgIpc) is 2.51. The molecule has 0 spiro atoms. The fourth-order valence-corrected chi connectivity index (χ4v) is 1.55. The Morgan fingerprint density at radius 2 is 1.84 bits per heavy atom. The summed E-state index contributed by atoms with van der Waals surface area (Å²) in [5.74, 6) is -6.91. The summed E-state index contributed by atoms with van der Waals surface area (Å²) >= 11 is 0. The molecule has 1 heterocycles. The fourth-order valence-electron chi connectivity index (χ4n) is 1.55. The number of alkyl halides is 5. The van der Waals surface area contributed by atoms with E-state index in [0.717, 1.165) is 4.90 Å². The Kier molecular flexibility index (Phi) is 4.03. The molecule has 1 aliphatic heterocycles. The molecule has 0 bridgehead atoms. The maximum absolute atomic E-state index is 13.1. The minimum Gasteiger partial charge on any atom is -0.360 e. The number of amides is 1. The lowest BCUT2D eigenvalue weighted by atomic mass is 10.2. The highest BCUT2D eigenvalue weighted by Gasteiger charge is 2.53. The monoisotopic (exact) mass is 290 g/mol. The zero-order chi connectivity index (χ0) is 15.0. The molecular formula is C9H11F5N2O3. The molecule has 0 aliphatic carbocycles. The molecule has 0 saturated carbocycles. The normalized spacial score (nSPS) is 23.2. The highest BCUT2D eigenvalue weighted by molar-refractivity contribution is 5.82. The molecule has 1 aliphatic rings. The first-order valence-corrected chi connectivity index (χ1v) is 5.09. The maximum Gasteiger partial charge on any atom is 0.492 e. The van der Waals surface area contributed by atoms with Crippen LogP contribution in [0, 0.1) is 0 Å². The van der Waals surface area contributed by atoms with E-state index in [4.69, 9.17) is 0 Å². The van der Waals surface area contributed by atoms with Crippen LogP contribution in [0.4, 0.5) is 22.0 Å². The summed E-state index contributed by atoms with van der Waals surface area (Å²) in [6, 6.07) is -1.63. The third-order valence-corrected chi connectivity index (χ3v) is 2.38. The van der Waals surface area contributed by atoms with Gasteiger partial charge in [0.1, 0.15) is 6.04 Å². The topological polar surface area (TPSA) is 49.9 Å². The fraction of sp³-hybridized carbons (Fsp3) is 0.778. The maximum atomic E-state index is 13.1. The Bertz CT molecular complexity index is 383. The second-order valence-electron chi connectivity index (χ2n) is 4.26. The van der Waals surface area contributed by atoms with Crippen LogP contribution in [-0.4, -0.2) is 60.6 Å². The van der Waals surface area contributed by atoms with Crippen LogP contribution in [0.25, 0.3) is 0 Å². The summed E-state index contributed by atoms with van der Waals surface area (Å²) in [4.78, 5) is 26.9. The van der Waals surface area contributed by atoms with Crippen molar-refractivity contribution < 1.29 is 36.4 Å². The van der Waals surface area contributed by atoms with Crippen molar-refractivity contribution >= 4 is 11.9 Å². The molecule has 0 radical (unpaired) electrons. The van der Waals surface area contributed by atoms with Crippen LogP contribution >= 0.6 is 0 Å². The number of hydroxylamine groups is 2. The van der Waals surface area contributed by atoms with Gasteiger partial charge in [-0.25, -0.2) is 13.6 Å². The van der Waals surface area contributed by atoms with Crippen LogP contribution in [0.2, 0.25) is 0 Å². The van der Waals surface area contributed by atoms with Gasteiger partial charge in [-0.1, -0.05) is 0 Å². The number of hydrogen-bond donors (Lipinski definition) is 0. The van der Waals surface area contributed by atoms with Crippen molar-refractivity contribution in [2.75, 3.05) is 20.6 Å². The first kappa shape index (κ1) is 15.6. The van der Waals surface area contributed by atoms with E-state index in [1.807, 2.05) is 0 Å². The van der Waals surface area contributed by atoms with Gasteiger partial charge in [0, 0.05) is 20.5 Å². The van der Waals surface area contributed by atoms with E-state index < -0.39 is 43.0 Å². The average molecular weight is 290 g/mol. The Hall–Kier alpha value is -1.45. The van der Waals surface area contributed by atoms with Crippen molar-refractivity contribution in [3.05, 3.63) is 0 Å². The molecule has 10 heteroatoms. The quantitative estimate of drug-likeness (QED) is 0.706. The van der Waals surface area contributed by atoms with Crippen molar-refractivity contribution in [3.8, 4) is 0 Å². The summed E-state index contributed by atoms with van der Waals surface area (Å²) in [6.07, 6.45) is -6.32. The lowest BCUT2D eigenvalue weighted by Gasteiger charge is -2.24. The highest BCUT2D eigenvalue weighted by Crippen LogP contribution is 2.33. The van der Waals surface area contributed by atoms with Gasteiger partial charge in [0.15, 0.2) is 0 Å². The highest BCUT2D eigenvalue weighted by atomic mass is 19.4. The third kappa shape index (κ3) is 3.75. The van der Waals surface area contributed by atoms with Crippen molar-refractivity contribution in [2.24, 2.45) is 0 Å². The largest absolute Gasteiger partial charge is 0.492 e. The number of rotatable bonds is 2. The molecular weight excluding hydrogens is 279 g/mol. The molecule has 0 aromatic heterocycles. The molecule has 19 heavy (non-hydrogen) atoms. The Morgan fingerprint density at radius 1 is 1.32 bits per heavy atom. The van der Waals surface area contributed by atoms with Crippen molar-refractivity contribution in [3.63, 3.8) is 0 Å². The predicted molar refractivity (Wildman–Crippen MR) is 50.9 cm³/mol. The molecule has 0 unspecified atom stereocenters. The number of likely N-dealkylation sites (N-methyl/N-ethyl adjacent to an activating group) is 1. The number of carbonyl (C=O) groups is 2. The number of carbonyl (C=O) groups excluding carboxylic acids is 2. The smallest absolute Gasteiger partial charge is 0.360 e. The second kappa shape index (κ2) is 4.91. The van der Waals surface area contributed by atoms with Gasteiger partial charge in [-0.05, 0) is 0 Å². The SMILES string of the molecule is CN(C)C(=O)[C@@H]1CC(F)(F)CN1OC(=O)C(F)(F)F. The first-order chi connectivity index (χ1) is 8.44. The first-order valence-electron chi connectivity index (χ1n) is 5.09. The van der Waals surface area contributed by atoms with Crippen molar-refractivity contribution in [1.29, 1.82) is 0 Å². The molecule has 0 aromatic rings. The second-order valence-corrected chi connectivity index (χ2v) is 4.26. The van der Waals surface area contributed by atoms with E-state index in [-0.39, 0.29) is 5.06 Å². The summed E-state index contributed by atoms with van der Waals surface area (Å²) in [5, 5.41) is 0.0815. The van der Waals surface area contributed by atoms with Crippen LogP contribution in [0.3, 0.4) is 0 Å². The van der Waals surface area contributed by atoms with Gasteiger partial charge in [-0.2, -0.15) is 13.2 Å². The number of halogens is 5. The van der Waals surface area contributed by atoms with Crippen LogP contribution in [0.1, 0.15) is 6.42 Å². The Labute approximate surface area is 104 Å². The van der Waals surface area contributed by atoms with Gasteiger partial charge in [-0.3, -0.25) is 4.79 Å². The summed E-state index contributed by atoms with van der Waals surface area (Å²) < 4.78 is 62.3. The predicted octanol–water partition coefficient (Wildman–Crippen LogP) is 0.805. The molecule has 110 valence electrons. The Balaban J connectivity index is 2.85. The van der Waals surface area contributed by atoms with Gasteiger partial charge in [0.25, 0.3) is 5.92 Å². The van der Waals surface area contributed by atoms with Crippen LogP contribution in [-0.2, 0) is 14.4 Å². The zero-order valence-electron chi connectivity index (χ0n) is 10.0. The summed E-state index contributed by atoms with van der Waals surface area (Å²) in [7, 11) is 2.51.